The molecule has 1 aromatic rings. The summed E-state index contributed by atoms with van der Waals surface area (Å²) in [6.45, 7) is 3.75. The van der Waals surface area contributed by atoms with Crippen LogP contribution in [0, 0.1) is 13.8 Å². The molecule has 2 rings (SSSR count). The van der Waals surface area contributed by atoms with E-state index in [2.05, 4.69) is 5.16 Å². The molecule has 1 aliphatic rings. The predicted molar refractivity (Wildman–Crippen MR) is 86.1 cm³/mol. The van der Waals surface area contributed by atoms with Gasteiger partial charge in [-0.25, -0.2) is 0 Å². The van der Waals surface area contributed by atoms with Crippen LogP contribution >= 0.6 is 0 Å². The molecule has 1 amide bonds. The van der Waals surface area contributed by atoms with E-state index in [0.29, 0.717) is 12.8 Å². The number of hydrogen-bond donors (Lipinski definition) is 1. The van der Waals surface area contributed by atoms with Gasteiger partial charge in [-0.2, -0.15) is 0 Å². The molecule has 1 fully saturated rings. The molecule has 0 aliphatic heterocycles. The van der Waals surface area contributed by atoms with E-state index in [-0.39, 0.29) is 18.1 Å². The van der Waals surface area contributed by atoms with Crippen LogP contribution in [-0.2, 0) is 16.0 Å². The highest BCUT2D eigenvalue weighted by Crippen LogP contribution is 2.25. The summed E-state index contributed by atoms with van der Waals surface area (Å²) in [5.74, 6) is 0.803. The lowest BCUT2D eigenvalue weighted by Crippen LogP contribution is -2.49. The monoisotopic (exact) mass is 324 g/mol. The van der Waals surface area contributed by atoms with E-state index in [1.807, 2.05) is 13.8 Å². The van der Waals surface area contributed by atoms with Crippen molar-refractivity contribution in [2.45, 2.75) is 70.6 Å². The molecule has 6 nitrogen and oxygen atoms in total. The van der Waals surface area contributed by atoms with Crippen molar-refractivity contribution in [2.75, 3.05) is 14.2 Å². The van der Waals surface area contributed by atoms with Crippen LogP contribution in [0.25, 0.3) is 0 Å². The number of rotatable bonds is 5. The van der Waals surface area contributed by atoms with Crippen molar-refractivity contribution in [3.63, 3.8) is 0 Å². The van der Waals surface area contributed by atoms with Crippen LogP contribution in [0.2, 0.25) is 0 Å². The average Bonchev–Trinajstić information content (AvgIpc) is 2.74. The van der Waals surface area contributed by atoms with E-state index in [4.69, 9.17) is 9.26 Å². The Morgan fingerprint density at radius 1 is 1.39 bits per heavy atom. The number of aliphatic hydroxyl groups is 1. The fourth-order valence-corrected chi connectivity index (χ4v) is 3.42. The Bertz CT molecular complexity index is 509. The van der Waals surface area contributed by atoms with Gasteiger partial charge >= 0.3 is 0 Å². The Hall–Kier alpha value is -1.40. The molecule has 6 heteroatoms. The van der Waals surface area contributed by atoms with Crippen molar-refractivity contribution in [3.05, 3.63) is 17.0 Å². The zero-order valence-electron chi connectivity index (χ0n) is 14.5. The van der Waals surface area contributed by atoms with E-state index >= 15 is 0 Å². The highest BCUT2D eigenvalue weighted by molar-refractivity contribution is 5.76. The first-order valence-corrected chi connectivity index (χ1v) is 8.34. The van der Waals surface area contributed by atoms with Crippen LogP contribution in [0.4, 0.5) is 0 Å². The summed E-state index contributed by atoms with van der Waals surface area (Å²) in [6, 6.07) is -0.181. The Kier molecular flexibility index (Phi) is 6.18. The SMILES string of the molecule is CO[C@@H]1CCCC[C@@H](N(C)C(=O)CCc2c(C)noc2C)[C@H]1O. The fraction of sp³-hybridized carbons (Fsp3) is 0.765. The minimum absolute atomic E-state index is 0.0332. The van der Waals surface area contributed by atoms with Crippen molar-refractivity contribution in [1.29, 1.82) is 0 Å². The molecule has 0 radical (unpaired) electrons. The minimum atomic E-state index is -0.629. The van der Waals surface area contributed by atoms with Gasteiger partial charge in [0, 0.05) is 26.1 Å². The van der Waals surface area contributed by atoms with Crippen molar-refractivity contribution in [3.8, 4) is 0 Å². The zero-order valence-corrected chi connectivity index (χ0v) is 14.5. The topological polar surface area (TPSA) is 75.8 Å². The van der Waals surface area contributed by atoms with Gasteiger partial charge < -0.3 is 19.3 Å². The van der Waals surface area contributed by atoms with Gasteiger partial charge in [0.25, 0.3) is 0 Å². The van der Waals surface area contributed by atoms with Gasteiger partial charge in [0.2, 0.25) is 5.91 Å². The lowest BCUT2D eigenvalue weighted by atomic mass is 10.0. The van der Waals surface area contributed by atoms with Gasteiger partial charge in [-0.05, 0) is 33.1 Å². The van der Waals surface area contributed by atoms with E-state index in [1.54, 1.807) is 19.1 Å². The molecule has 0 aromatic carbocycles. The third kappa shape index (κ3) is 4.12. The number of aliphatic hydroxyl groups excluding tert-OH is 1. The molecule has 1 N–H and O–H groups in total. The Labute approximate surface area is 137 Å². The van der Waals surface area contributed by atoms with E-state index in [9.17, 15) is 9.90 Å². The second kappa shape index (κ2) is 7.93. The number of likely N-dealkylation sites (N-methyl/N-ethyl adjacent to an activating group) is 1. The largest absolute Gasteiger partial charge is 0.388 e. The Balaban J connectivity index is 1.98. The molecule has 0 spiro atoms. The first-order chi connectivity index (χ1) is 11.0. The maximum absolute atomic E-state index is 12.5. The number of hydrogen-bond acceptors (Lipinski definition) is 5. The van der Waals surface area contributed by atoms with Crippen LogP contribution in [0.5, 0.6) is 0 Å². The highest BCUT2D eigenvalue weighted by atomic mass is 16.5. The quantitative estimate of drug-likeness (QED) is 0.839. The van der Waals surface area contributed by atoms with Crippen molar-refractivity contribution in [2.24, 2.45) is 0 Å². The van der Waals surface area contributed by atoms with Crippen molar-refractivity contribution < 1.29 is 19.2 Å². The molecule has 130 valence electrons. The summed E-state index contributed by atoms with van der Waals surface area (Å²) < 4.78 is 10.5. The molecule has 1 saturated carbocycles. The number of methoxy groups -OCH3 is 1. The van der Waals surface area contributed by atoms with E-state index in [1.165, 1.54) is 0 Å². The number of aromatic nitrogens is 1. The zero-order chi connectivity index (χ0) is 17.0. The van der Waals surface area contributed by atoms with Gasteiger partial charge in [-0.1, -0.05) is 18.0 Å². The third-order valence-electron chi connectivity index (χ3n) is 4.98. The van der Waals surface area contributed by atoms with Crippen LogP contribution in [0.15, 0.2) is 4.52 Å². The maximum atomic E-state index is 12.5. The van der Waals surface area contributed by atoms with Crippen molar-refractivity contribution >= 4 is 5.91 Å². The van der Waals surface area contributed by atoms with Gasteiger partial charge in [0.1, 0.15) is 11.9 Å². The van der Waals surface area contributed by atoms with Gasteiger partial charge in [-0.3, -0.25) is 4.79 Å². The summed E-state index contributed by atoms with van der Waals surface area (Å²) >= 11 is 0. The highest BCUT2D eigenvalue weighted by Gasteiger charge is 2.34. The molecule has 1 aromatic heterocycles. The number of nitrogens with zero attached hydrogens (tertiary/aromatic N) is 2. The predicted octanol–water partition coefficient (Wildman–Crippen LogP) is 2.00. The first-order valence-electron chi connectivity index (χ1n) is 8.34. The van der Waals surface area contributed by atoms with Crippen LogP contribution in [-0.4, -0.2) is 53.5 Å². The third-order valence-corrected chi connectivity index (χ3v) is 4.98. The molecular weight excluding hydrogens is 296 g/mol. The minimum Gasteiger partial charge on any atom is -0.388 e. The summed E-state index contributed by atoms with van der Waals surface area (Å²) in [5, 5.41) is 14.4. The number of carbonyl (C=O) groups is 1. The second-order valence-electron chi connectivity index (χ2n) is 6.42. The summed E-state index contributed by atoms with van der Waals surface area (Å²) in [6.07, 6.45) is 3.86. The maximum Gasteiger partial charge on any atom is 0.222 e. The molecule has 0 bridgehead atoms. The van der Waals surface area contributed by atoms with Gasteiger partial charge in [0.15, 0.2) is 0 Å². The van der Waals surface area contributed by atoms with Crippen LogP contribution in [0.1, 0.15) is 49.1 Å². The molecule has 23 heavy (non-hydrogen) atoms. The van der Waals surface area contributed by atoms with Crippen molar-refractivity contribution in [1.82, 2.24) is 10.1 Å². The number of aryl methyl sites for hydroxylation is 2. The molecule has 0 unspecified atom stereocenters. The number of amides is 1. The smallest absolute Gasteiger partial charge is 0.222 e. The second-order valence-corrected chi connectivity index (χ2v) is 6.42. The van der Waals surface area contributed by atoms with Crippen LogP contribution < -0.4 is 0 Å². The number of carbonyl (C=O) groups excluding carboxylic acids is 1. The summed E-state index contributed by atoms with van der Waals surface area (Å²) in [5.41, 5.74) is 1.84. The van der Waals surface area contributed by atoms with Crippen LogP contribution in [0.3, 0.4) is 0 Å². The molecule has 3 atom stereocenters. The lowest BCUT2D eigenvalue weighted by Gasteiger charge is -2.33. The molecule has 0 saturated heterocycles. The van der Waals surface area contributed by atoms with E-state index < -0.39 is 6.10 Å². The van der Waals surface area contributed by atoms with Gasteiger partial charge in [0.05, 0.1) is 17.8 Å². The summed E-state index contributed by atoms with van der Waals surface area (Å²) in [7, 11) is 3.40. The molecule has 1 heterocycles. The Morgan fingerprint density at radius 3 is 2.70 bits per heavy atom. The summed E-state index contributed by atoms with van der Waals surface area (Å²) in [4.78, 5) is 14.2. The lowest BCUT2D eigenvalue weighted by molar-refractivity contribution is -0.137. The fourth-order valence-electron chi connectivity index (χ4n) is 3.42. The first kappa shape index (κ1) is 17.9. The molecule has 1 aliphatic carbocycles. The Morgan fingerprint density at radius 2 is 2.09 bits per heavy atom. The number of ether oxygens (including phenoxy) is 1. The molecular formula is C17H28N2O4. The average molecular weight is 324 g/mol. The van der Waals surface area contributed by atoms with E-state index in [0.717, 1.165) is 42.7 Å². The standard InChI is InChI=1S/C17H28N2O4/c1-11-13(12(2)23-18-11)9-10-16(20)19(3)14-7-5-6-8-15(22-4)17(14)21/h14-15,17,21H,5-10H2,1-4H3/t14-,15-,17-/m1/s1. The normalized spacial score (nSPS) is 25.2. The van der Waals surface area contributed by atoms with Gasteiger partial charge in [-0.15, -0.1) is 0 Å².